The van der Waals surface area contributed by atoms with E-state index in [4.69, 9.17) is 10.1 Å². The molecule has 0 aliphatic carbocycles. The summed E-state index contributed by atoms with van der Waals surface area (Å²) in [7, 11) is 0. The van der Waals surface area contributed by atoms with Gasteiger partial charge < -0.3 is 5.11 Å². The van der Waals surface area contributed by atoms with Crippen LogP contribution in [0.25, 0.3) is 27.8 Å². The van der Waals surface area contributed by atoms with E-state index < -0.39 is 11.8 Å². The topological polar surface area (TPSA) is 103 Å². The molecule has 0 amide bonds. The van der Waals surface area contributed by atoms with Gasteiger partial charge >= 0.3 is 5.97 Å². The highest BCUT2D eigenvalue weighted by Gasteiger charge is 2.15. The Kier molecular flexibility index (Phi) is 7.03. The maximum atomic E-state index is 13.5. The van der Waals surface area contributed by atoms with Crippen molar-refractivity contribution in [3.05, 3.63) is 106 Å². The third-order valence-corrected chi connectivity index (χ3v) is 6.16. The predicted molar refractivity (Wildman–Crippen MR) is 137 cm³/mol. The number of nitrogens with zero attached hydrogens (tertiary/aromatic N) is 5. The summed E-state index contributed by atoms with van der Waals surface area (Å²) in [6.07, 6.45) is 3.10. The normalized spacial score (nSPS) is 11.2. The van der Waals surface area contributed by atoms with Crippen LogP contribution in [0.4, 0.5) is 8.78 Å². The maximum absolute atomic E-state index is 13.5. The zero-order valence-electron chi connectivity index (χ0n) is 20.2. The van der Waals surface area contributed by atoms with Crippen molar-refractivity contribution in [2.75, 3.05) is 0 Å². The van der Waals surface area contributed by atoms with Crippen LogP contribution in [-0.2, 0) is 17.8 Å². The molecule has 10 heteroatoms. The van der Waals surface area contributed by atoms with Crippen LogP contribution in [-0.4, -0.2) is 35.6 Å². The van der Waals surface area contributed by atoms with Gasteiger partial charge in [0.05, 0.1) is 29.3 Å². The van der Waals surface area contributed by atoms with E-state index in [-0.39, 0.29) is 17.8 Å². The molecule has 0 saturated heterocycles. The maximum Gasteiger partial charge on any atom is 0.303 e. The van der Waals surface area contributed by atoms with Gasteiger partial charge in [0.25, 0.3) is 5.56 Å². The van der Waals surface area contributed by atoms with Gasteiger partial charge in [-0.15, -0.1) is 5.10 Å². The van der Waals surface area contributed by atoms with E-state index in [1.807, 2.05) is 0 Å². The number of carboxylic acids is 1. The zero-order valence-corrected chi connectivity index (χ0v) is 20.2. The van der Waals surface area contributed by atoms with E-state index in [0.29, 0.717) is 59.5 Å². The number of aliphatic carboxylic acids is 1. The molecular formula is C28H23F2N5O3. The van der Waals surface area contributed by atoms with Crippen molar-refractivity contribution in [1.29, 1.82) is 0 Å². The average Bonchev–Trinajstić information content (AvgIpc) is 3.37. The summed E-state index contributed by atoms with van der Waals surface area (Å²) in [4.78, 5) is 29.2. The minimum atomic E-state index is -0.885. The molecule has 0 radical (unpaired) electrons. The third kappa shape index (κ3) is 5.49. The average molecular weight is 516 g/mol. The molecule has 0 aliphatic heterocycles. The molecule has 192 valence electrons. The van der Waals surface area contributed by atoms with Gasteiger partial charge in [-0.1, -0.05) is 23.4 Å². The van der Waals surface area contributed by atoms with Gasteiger partial charge in [-0.2, -0.15) is 0 Å². The number of hydrogen-bond donors (Lipinski definition) is 1. The molecule has 0 bridgehead atoms. The molecule has 2 heterocycles. The number of aromatic nitrogens is 5. The van der Waals surface area contributed by atoms with Crippen molar-refractivity contribution in [3.8, 4) is 16.9 Å². The van der Waals surface area contributed by atoms with Crippen LogP contribution < -0.4 is 5.56 Å². The first-order chi connectivity index (χ1) is 18.4. The Morgan fingerprint density at radius 1 is 0.921 bits per heavy atom. The Morgan fingerprint density at radius 2 is 1.63 bits per heavy atom. The minimum Gasteiger partial charge on any atom is -0.481 e. The van der Waals surface area contributed by atoms with E-state index >= 15 is 0 Å². The molecule has 0 spiro atoms. The van der Waals surface area contributed by atoms with Crippen molar-refractivity contribution in [2.45, 2.75) is 32.2 Å². The highest BCUT2D eigenvalue weighted by molar-refractivity contribution is 5.83. The standard InChI is InChI=1S/C28H23F2N5O3/c29-20-8-5-18(6-9-20)16-34-17-25(32-33-34)19-7-14-23-24(15-19)31-26(3-1-2-4-27(36)37)35(28(23)38)22-12-10-21(30)11-13-22/h5-15,17H,1-4,16H2,(H,36,37). The van der Waals surface area contributed by atoms with Crippen molar-refractivity contribution in [1.82, 2.24) is 24.5 Å². The van der Waals surface area contributed by atoms with Gasteiger partial charge in [-0.3, -0.25) is 14.2 Å². The number of carbonyl (C=O) groups is 1. The van der Waals surface area contributed by atoms with Crippen molar-refractivity contribution in [2.24, 2.45) is 0 Å². The monoisotopic (exact) mass is 515 g/mol. The highest BCUT2D eigenvalue weighted by Crippen LogP contribution is 2.22. The molecule has 0 unspecified atom stereocenters. The van der Waals surface area contributed by atoms with Gasteiger partial charge in [0.15, 0.2) is 0 Å². The molecule has 5 rings (SSSR count). The lowest BCUT2D eigenvalue weighted by Crippen LogP contribution is -2.24. The first kappa shape index (κ1) is 24.9. The minimum absolute atomic E-state index is 0.0199. The second kappa shape index (κ2) is 10.7. The fraction of sp³-hybridized carbons (Fsp3) is 0.179. The smallest absolute Gasteiger partial charge is 0.303 e. The summed E-state index contributed by atoms with van der Waals surface area (Å²) < 4.78 is 29.8. The van der Waals surface area contributed by atoms with E-state index in [1.165, 1.54) is 41.0 Å². The molecule has 0 fully saturated rings. The molecule has 0 aliphatic rings. The Bertz CT molecular complexity index is 1660. The third-order valence-electron chi connectivity index (χ3n) is 6.16. The summed E-state index contributed by atoms with van der Waals surface area (Å²) in [5.41, 5.74) is 2.81. The summed E-state index contributed by atoms with van der Waals surface area (Å²) >= 11 is 0. The number of fused-ring (bicyclic) bond motifs is 1. The number of aryl methyl sites for hydroxylation is 1. The largest absolute Gasteiger partial charge is 0.481 e. The first-order valence-electron chi connectivity index (χ1n) is 12.1. The van der Waals surface area contributed by atoms with Crippen LogP contribution in [0.3, 0.4) is 0 Å². The van der Waals surface area contributed by atoms with Crippen LogP contribution in [0.1, 0.15) is 30.7 Å². The van der Waals surface area contributed by atoms with Crippen molar-refractivity contribution >= 4 is 16.9 Å². The molecule has 38 heavy (non-hydrogen) atoms. The number of rotatable bonds is 9. The lowest BCUT2D eigenvalue weighted by atomic mass is 10.1. The number of carboxylic acid groups (broad SMARTS) is 1. The Morgan fingerprint density at radius 3 is 2.34 bits per heavy atom. The Labute approximate surface area is 215 Å². The Balaban J connectivity index is 1.50. The fourth-order valence-corrected chi connectivity index (χ4v) is 4.26. The van der Waals surface area contributed by atoms with Gasteiger partial charge in [0.1, 0.15) is 23.2 Å². The summed E-state index contributed by atoms with van der Waals surface area (Å²) in [6.45, 7) is 0.419. The van der Waals surface area contributed by atoms with Crippen LogP contribution in [0, 0.1) is 11.6 Å². The number of halogens is 2. The van der Waals surface area contributed by atoms with Crippen LogP contribution in [0.15, 0.2) is 77.7 Å². The molecular weight excluding hydrogens is 492 g/mol. The lowest BCUT2D eigenvalue weighted by Gasteiger charge is -2.14. The highest BCUT2D eigenvalue weighted by atomic mass is 19.1. The molecule has 3 aromatic carbocycles. The molecule has 5 aromatic rings. The second-order valence-electron chi connectivity index (χ2n) is 8.91. The summed E-state index contributed by atoms with van der Waals surface area (Å²) in [5.74, 6) is -1.16. The fourth-order valence-electron chi connectivity index (χ4n) is 4.26. The SMILES string of the molecule is O=C(O)CCCCc1nc2cc(-c3cn(Cc4ccc(F)cc4)nn3)ccc2c(=O)n1-c1ccc(F)cc1. The first-order valence-corrected chi connectivity index (χ1v) is 12.1. The lowest BCUT2D eigenvalue weighted by molar-refractivity contribution is -0.137. The summed E-state index contributed by atoms with van der Waals surface area (Å²) in [6, 6.07) is 16.9. The Hall–Kier alpha value is -4.73. The van der Waals surface area contributed by atoms with Gasteiger partial charge in [-0.25, -0.2) is 18.4 Å². The number of unbranched alkanes of at least 4 members (excludes halogenated alkanes) is 1. The predicted octanol–water partition coefficient (Wildman–Crippen LogP) is 4.77. The van der Waals surface area contributed by atoms with Gasteiger partial charge in [0.2, 0.25) is 0 Å². The van der Waals surface area contributed by atoms with Gasteiger partial charge in [-0.05, 0) is 66.9 Å². The van der Waals surface area contributed by atoms with E-state index in [9.17, 15) is 18.4 Å². The van der Waals surface area contributed by atoms with E-state index in [2.05, 4.69) is 10.3 Å². The molecule has 2 aromatic heterocycles. The van der Waals surface area contributed by atoms with Crippen LogP contribution in [0.2, 0.25) is 0 Å². The van der Waals surface area contributed by atoms with Crippen LogP contribution in [0.5, 0.6) is 0 Å². The molecule has 1 N–H and O–H groups in total. The molecule has 0 atom stereocenters. The molecule has 8 nitrogen and oxygen atoms in total. The zero-order chi connectivity index (χ0) is 26.6. The van der Waals surface area contributed by atoms with E-state index in [1.54, 1.807) is 41.2 Å². The van der Waals surface area contributed by atoms with Crippen molar-refractivity contribution < 1.29 is 18.7 Å². The summed E-state index contributed by atoms with van der Waals surface area (Å²) in [5, 5.41) is 17.7. The molecule has 0 saturated carbocycles. The number of benzene rings is 3. The van der Waals surface area contributed by atoms with Gasteiger partial charge in [0, 0.05) is 18.4 Å². The van der Waals surface area contributed by atoms with Crippen molar-refractivity contribution in [3.63, 3.8) is 0 Å². The number of hydrogen-bond acceptors (Lipinski definition) is 5. The van der Waals surface area contributed by atoms with Crippen LogP contribution >= 0.6 is 0 Å². The van der Waals surface area contributed by atoms with E-state index in [0.717, 1.165) is 5.56 Å². The second-order valence-corrected chi connectivity index (χ2v) is 8.91. The quantitative estimate of drug-likeness (QED) is 0.284.